The topological polar surface area (TPSA) is 15.7 Å². The van der Waals surface area contributed by atoms with E-state index in [1.165, 1.54) is 139 Å². The van der Waals surface area contributed by atoms with Crippen LogP contribution in [0.15, 0.2) is 84.9 Å². The van der Waals surface area contributed by atoms with Crippen molar-refractivity contribution in [3.63, 3.8) is 0 Å². The predicted molar refractivity (Wildman–Crippen MR) is 214 cm³/mol. The average molecular weight is 673 g/mol. The van der Waals surface area contributed by atoms with Gasteiger partial charge in [0.2, 0.25) is 0 Å². The number of nitrogens with zero attached hydrogens (tertiary/aromatic N) is 2. The van der Waals surface area contributed by atoms with Crippen LogP contribution in [0.1, 0.15) is 101 Å². The van der Waals surface area contributed by atoms with E-state index in [-0.39, 0.29) is 0 Å². The number of benzene rings is 5. The van der Waals surface area contributed by atoms with Crippen LogP contribution in [0.3, 0.4) is 0 Å². The third kappa shape index (κ3) is 5.64. The first kappa shape index (κ1) is 32.4. The van der Waals surface area contributed by atoms with Crippen molar-refractivity contribution in [1.82, 2.24) is 0 Å². The Morgan fingerprint density at radius 3 is 1.02 bits per heavy atom. The highest BCUT2D eigenvalue weighted by atomic mass is 16.5. The molecular weight excluding hydrogens is 621 g/mol. The fraction of sp³-hybridized carbons (Fsp3) is 0.375. The van der Waals surface area contributed by atoms with Crippen molar-refractivity contribution in [2.45, 2.75) is 110 Å². The lowest BCUT2D eigenvalue weighted by Crippen LogP contribution is -2.22. The molecule has 0 atom stereocenters. The number of rotatable bonds is 7. The molecule has 260 valence electrons. The number of methoxy groups -OCH3 is 1. The van der Waals surface area contributed by atoms with E-state index in [1.54, 1.807) is 27.8 Å². The lowest BCUT2D eigenvalue weighted by Gasteiger charge is -2.37. The largest absolute Gasteiger partial charge is 0.496 e. The molecule has 3 heteroatoms. The second-order valence-corrected chi connectivity index (χ2v) is 15.4. The fourth-order valence-corrected chi connectivity index (χ4v) is 10.2. The zero-order chi connectivity index (χ0) is 34.3. The number of hydrogen-bond acceptors (Lipinski definition) is 3. The summed E-state index contributed by atoms with van der Waals surface area (Å²) in [6, 6.07) is 31.9. The molecule has 5 aromatic carbocycles. The van der Waals surface area contributed by atoms with E-state index in [1.807, 2.05) is 7.11 Å². The van der Waals surface area contributed by atoms with Crippen molar-refractivity contribution in [2.75, 3.05) is 16.9 Å². The average Bonchev–Trinajstić information content (AvgIpc) is 3.20. The third-order valence-electron chi connectivity index (χ3n) is 12.5. The molecule has 0 spiro atoms. The highest BCUT2D eigenvalue weighted by molar-refractivity contribution is 5.87. The number of hydrogen-bond donors (Lipinski definition) is 0. The Kier molecular flexibility index (Phi) is 8.84. The smallest absolute Gasteiger partial charge is 0.125 e. The maximum absolute atomic E-state index is 6.25. The van der Waals surface area contributed by atoms with Crippen molar-refractivity contribution >= 4 is 34.1 Å². The van der Waals surface area contributed by atoms with E-state index in [2.05, 4.69) is 102 Å². The molecule has 4 aliphatic carbocycles. The Balaban J connectivity index is 1.23. The Morgan fingerprint density at radius 1 is 0.373 bits per heavy atom. The van der Waals surface area contributed by atoms with Gasteiger partial charge in [0.15, 0.2) is 0 Å². The normalized spacial score (nSPS) is 16.4. The molecule has 0 saturated carbocycles. The molecule has 0 heterocycles. The first-order valence-corrected chi connectivity index (χ1v) is 19.9. The lowest BCUT2D eigenvalue weighted by atomic mass is 9.77. The Labute approximate surface area is 305 Å². The van der Waals surface area contributed by atoms with Gasteiger partial charge in [0.1, 0.15) is 5.75 Å². The van der Waals surface area contributed by atoms with E-state index in [9.17, 15) is 0 Å². The van der Waals surface area contributed by atoms with E-state index in [0.29, 0.717) is 0 Å². The first-order valence-electron chi connectivity index (χ1n) is 19.9. The monoisotopic (exact) mass is 672 g/mol. The minimum Gasteiger partial charge on any atom is -0.496 e. The van der Waals surface area contributed by atoms with Crippen LogP contribution in [0, 0.1) is 6.92 Å². The quantitative estimate of drug-likeness (QED) is 0.171. The molecule has 0 radical (unpaired) electrons. The predicted octanol–water partition coefficient (Wildman–Crippen LogP) is 12.5. The van der Waals surface area contributed by atoms with Crippen molar-refractivity contribution in [1.29, 1.82) is 0 Å². The van der Waals surface area contributed by atoms with Crippen molar-refractivity contribution < 1.29 is 4.74 Å². The third-order valence-corrected chi connectivity index (χ3v) is 12.5. The zero-order valence-corrected chi connectivity index (χ0v) is 30.7. The van der Waals surface area contributed by atoms with Crippen LogP contribution in [0.4, 0.5) is 34.1 Å². The molecule has 3 nitrogen and oxygen atoms in total. The summed E-state index contributed by atoms with van der Waals surface area (Å²) < 4.78 is 6.25. The lowest BCUT2D eigenvalue weighted by molar-refractivity contribution is 0.397. The fourth-order valence-electron chi connectivity index (χ4n) is 10.2. The Hall–Kier alpha value is -4.50. The maximum Gasteiger partial charge on any atom is 0.125 e. The number of fused-ring (bicyclic) bond motifs is 4. The minimum absolute atomic E-state index is 1.11. The molecule has 0 saturated heterocycles. The summed E-state index contributed by atoms with van der Waals surface area (Å²) in [5.41, 5.74) is 21.9. The molecule has 0 N–H and O–H groups in total. The summed E-state index contributed by atoms with van der Waals surface area (Å²) in [5.74, 6) is 1.19. The van der Waals surface area contributed by atoms with E-state index in [0.717, 1.165) is 25.7 Å². The highest BCUT2D eigenvalue weighted by Gasteiger charge is 2.32. The minimum atomic E-state index is 1.11. The van der Waals surface area contributed by atoms with Gasteiger partial charge < -0.3 is 14.5 Å². The van der Waals surface area contributed by atoms with Crippen LogP contribution in [0.5, 0.6) is 5.75 Å². The van der Waals surface area contributed by atoms with Gasteiger partial charge in [-0.25, -0.2) is 0 Å². The first-order chi connectivity index (χ1) is 25.2. The van der Waals surface area contributed by atoms with Crippen LogP contribution in [-0.2, 0) is 51.4 Å². The van der Waals surface area contributed by atoms with Crippen LogP contribution in [-0.4, -0.2) is 7.11 Å². The molecule has 9 rings (SSSR count). The van der Waals surface area contributed by atoms with Crippen molar-refractivity contribution in [2.24, 2.45) is 0 Å². The summed E-state index contributed by atoms with van der Waals surface area (Å²) in [4.78, 5) is 5.22. The number of ether oxygens (including phenoxy) is 1. The van der Waals surface area contributed by atoms with Crippen LogP contribution >= 0.6 is 0 Å². The molecule has 0 fully saturated rings. The second kappa shape index (κ2) is 13.9. The van der Waals surface area contributed by atoms with Gasteiger partial charge in [-0.05, 0) is 208 Å². The number of para-hydroxylation sites is 2. The Morgan fingerprint density at radius 2 is 0.667 bits per heavy atom. The zero-order valence-electron chi connectivity index (χ0n) is 30.7. The van der Waals surface area contributed by atoms with Gasteiger partial charge in [0.25, 0.3) is 0 Å². The van der Waals surface area contributed by atoms with Gasteiger partial charge in [0.05, 0.1) is 18.5 Å². The standard InChI is InChI=1S/C48H52N2O/c1-33-38-21-9-11-23-40(38)46(41-24-12-10-22-39(33)41)49(34-17-5-3-6-18-34)36-29-31-37(32-30-36)50(35-19-7-4-8-20-35)47-42-25-13-15-27-44(42)48(51-2)45-28-16-14-26-43(45)47/h3-8,17-20,29-32H,9-16,21-28H2,1-2H3. The SMILES string of the molecule is COc1c2c(c(N(c3ccccc3)c3ccc(N(c4ccccc4)c4c5c(c(C)c6c4CCCC6)CCCC5)cc3)c3c1CCCC3)CCCC2. The van der Waals surface area contributed by atoms with Gasteiger partial charge >= 0.3 is 0 Å². The maximum atomic E-state index is 6.25. The molecule has 51 heavy (non-hydrogen) atoms. The van der Waals surface area contributed by atoms with Crippen molar-refractivity contribution in [3.05, 3.63) is 135 Å². The molecule has 0 aliphatic heterocycles. The van der Waals surface area contributed by atoms with Crippen LogP contribution in [0.25, 0.3) is 0 Å². The van der Waals surface area contributed by atoms with Crippen LogP contribution in [0.2, 0.25) is 0 Å². The molecule has 4 aliphatic rings. The molecule has 0 bridgehead atoms. The molecule has 0 amide bonds. The summed E-state index contributed by atoms with van der Waals surface area (Å²) in [5, 5.41) is 0. The molecule has 5 aromatic rings. The van der Waals surface area contributed by atoms with Gasteiger partial charge in [-0.15, -0.1) is 0 Å². The summed E-state index contributed by atoms with van der Waals surface area (Å²) >= 11 is 0. The van der Waals surface area contributed by atoms with E-state index in [4.69, 9.17) is 4.74 Å². The van der Waals surface area contributed by atoms with Crippen LogP contribution < -0.4 is 14.5 Å². The molecule has 0 unspecified atom stereocenters. The summed E-state index contributed by atoms with van der Waals surface area (Å²) in [6.07, 6.45) is 19.3. The van der Waals surface area contributed by atoms with E-state index >= 15 is 0 Å². The van der Waals surface area contributed by atoms with Gasteiger partial charge in [-0.2, -0.15) is 0 Å². The summed E-state index contributed by atoms with van der Waals surface area (Å²) in [7, 11) is 1.90. The second-order valence-electron chi connectivity index (χ2n) is 15.4. The highest BCUT2D eigenvalue weighted by Crippen LogP contribution is 2.51. The van der Waals surface area contributed by atoms with E-state index < -0.39 is 0 Å². The molecule has 0 aromatic heterocycles. The van der Waals surface area contributed by atoms with Crippen molar-refractivity contribution in [3.8, 4) is 5.75 Å². The number of anilines is 6. The Bertz CT molecular complexity index is 1970. The van der Waals surface area contributed by atoms with Gasteiger partial charge in [0, 0.05) is 22.7 Å². The summed E-state index contributed by atoms with van der Waals surface area (Å²) in [6.45, 7) is 2.43. The van der Waals surface area contributed by atoms with Gasteiger partial charge in [-0.1, -0.05) is 36.4 Å². The molecular formula is C48H52N2O. The van der Waals surface area contributed by atoms with Gasteiger partial charge in [-0.3, -0.25) is 0 Å².